The predicted octanol–water partition coefficient (Wildman–Crippen LogP) is 4.84. The molecule has 0 radical (unpaired) electrons. The summed E-state index contributed by atoms with van der Waals surface area (Å²) in [6.45, 7) is 3.42. The normalized spacial score (nSPS) is 13.2. The van der Waals surface area contributed by atoms with Gasteiger partial charge < -0.3 is 10.1 Å². The van der Waals surface area contributed by atoms with E-state index in [0.29, 0.717) is 5.02 Å². The fourth-order valence-electron chi connectivity index (χ4n) is 1.17. The van der Waals surface area contributed by atoms with Crippen LogP contribution in [0, 0.1) is 5.92 Å². The third-order valence-electron chi connectivity index (χ3n) is 2.23. The monoisotopic (exact) mass is 377 g/mol. The molecule has 20 heavy (non-hydrogen) atoms. The van der Waals surface area contributed by atoms with Gasteiger partial charge >= 0.3 is 0 Å². The summed E-state index contributed by atoms with van der Waals surface area (Å²) in [5.41, 5.74) is 0. The van der Waals surface area contributed by atoms with Crippen LogP contribution < -0.4 is 10.1 Å². The Labute approximate surface area is 142 Å². The van der Waals surface area contributed by atoms with Crippen LogP contribution in [-0.2, 0) is 4.79 Å². The third kappa shape index (κ3) is 5.38. The first-order chi connectivity index (χ1) is 9.11. The summed E-state index contributed by atoms with van der Waals surface area (Å²) >= 11 is 29.2. The topological polar surface area (TPSA) is 38.3 Å². The van der Waals surface area contributed by atoms with E-state index in [1.54, 1.807) is 19.9 Å². The van der Waals surface area contributed by atoms with Crippen molar-refractivity contribution < 1.29 is 9.53 Å². The third-order valence-corrected chi connectivity index (χ3v) is 3.36. The molecule has 1 atom stereocenters. The molecule has 0 aliphatic carbocycles. The van der Waals surface area contributed by atoms with Gasteiger partial charge in [-0.05, 0) is 18.2 Å². The van der Waals surface area contributed by atoms with Crippen molar-refractivity contribution in [3.8, 4) is 5.75 Å². The van der Waals surface area contributed by atoms with E-state index in [-0.39, 0.29) is 22.6 Å². The van der Waals surface area contributed by atoms with Crippen molar-refractivity contribution in [1.82, 2.24) is 5.32 Å². The molecule has 1 aromatic carbocycles. The molecule has 1 N–H and O–H groups in total. The Morgan fingerprint density at radius 3 is 2.30 bits per heavy atom. The molecule has 0 bridgehead atoms. The number of carbonyl (C=O) groups is 1. The van der Waals surface area contributed by atoms with Gasteiger partial charge in [0.25, 0.3) is 0 Å². The van der Waals surface area contributed by atoms with Gasteiger partial charge in [-0.15, -0.1) is 0 Å². The Morgan fingerprint density at radius 2 is 1.85 bits per heavy atom. The number of hydrogen-bond acceptors (Lipinski definition) is 2. The van der Waals surface area contributed by atoms with Crippen LogP contribution in [0.1, 0.15) is 13.8 Å². The van der Waals surface area contributed by atoms with Crippen LogP contribution in [0.5, 0.6) is 5.75 Å². The SMILES string of the molecule is CC(C)C(=O)N[C@@H](Oc1ccc(Cl)cc1Cl)C(Cl)(Cl)Cl. The van der Waals surface area contributed by atoms with Gasteiger partial charge in [-0.25, -0.2) is 0 Å². The largest absolute Gasteiger partial charge is 0.464 e. The first-order valence-corrected chi connectivity index (χ1v) is 7.49. The zero-order valence-electron chi connectivity index (χ0n) is 10.6. The van der Waals surface area contributed by atoms with Crippen molar-refractivity contribution >= 4 is 63.9 Å². The van der Waals surface area contributed by atoms with Gasteiger partial charge in [-0.3, -0.25) is 4.79 Å². The van der Waals surface area contributed by atoms with Crippen LogP contribution in [0.15, 0.2) is 18.2 Å². The second-order valence-corrected chi connectivity index (χ2v) is 7.49. The van der Waals surface area contributed by atoms with Crippen LogP contribution in [0.4, 0.5) is 0 Å². The van der Waals surface area contributed by atoms with E-state index in [9.17, 15) is 4.79 Å². The van der Waals surface area contributed by atoms with Gasteiger partial charge in [0.2, 0.25) is 15.9 Å². The highest BCUT2D eigenvalue weighted by Gasteiger charge is 2.36. The summed E-state index contributed by atoms with van der Waals surface area (Å²) in [6.07, 6.45) is -1.18. The van der Waals surface area contributed by atoms with Gasteiger partial charge in [-0.1, -0.05) is 71.9 Å². The minimum absolute atomic E-state index is 0.246. The van der Waals surface area contributed by atoms with Crippen LogP contribution >= 0.6 is 58.0 Å². The lowest BCUT2D eigenvalue weighted by Gasteiger charge is -2.27. The van der Waals surface area contributed by atoms with Crippen LogP contribution in [0.25, 0.3) is 0 Å². The summed E-state index contributed by atoms with van der Waals surface area (Å²) in [4.78, 5) is 11.7. The van der Waals surface area contributed by atoms with Crippen LogP contribution in [-0.4, -0.2) is 15.9 Å². The molecular formula is C12H12Cl5NO2. The molecule has 0 aromatic heterocycles. The first kappa shape index (κ1) is 18.0. The quantitative estimate of drug-likeness (QED) is 0.600. The highest BCUT2D eigenvalue weighted by molar-refractivity contribution is 6.68. The molecule has 1 rings (SSSR count). The number of hydrogen-bond donors (Lipinski definition) is 1. The summed E-state index contributed by atoms with van der Waals surface area (Å²) in [5.74, 6) is -0.350. The summed E-state index contributed by atoms with van der Waals surface area (Å²) in [6, 6.07) is 4.58. The van der Waals surface area contributed by atoms with Crippen LogP contribution in [0.2, 0.25) is 10.0 Å². The van der Waals surface area contributed by atoms with Crippen molar-refractivity contribution in [2.75, 3.05) is 0 Å². The lowest BCUT2D eigenvalue weighted by Crippen LogP contribution is -2.49. The van der Waals surface area contributed by atoms with Crippen molar-refractivity contribution in [3.05, 3.63) is 28.2 Å². The van der Waals surface area contributed by atoms with Gasteiger partial charge in [0.15, 0.2) is 0 Å². The van der Waals surface area contributed by atoms with Crippen molar-refractivity contribution in [2.45, 2.75) is 23.9 Å². The van der Waals surface area contributed by atoms with E-state index < -0.39 is 10.0 Å². The Balaban J connectivity index is 2.93. The number of halogens is 5. The lowest BCUT2D eigenvalue weighted by atomic mass is 10.2. The number of rotatable bonds is 4. The Bertz CT molecular complexity index is 487. The maximum atomic E-state index is 11.7. The van der Waals surface area contributed by atoms with Gasteiger partial charge in [0.05, 0.1) is 5.02 Å². The first-order valence-electron chi connectivity index (χ1n) is 5.60. The molecule has 0 spiro atoms. The van der Waals surface area contributed by atoms with Crippen molar-refractivity contribution in [1.29, 1.82) is 0 Å². The molecular weight excluding hydrogens is 367 g/mol. The van der Waals surface area contributed by atoms with E-state index in [1.165, 1.54) is 12.1 Å². The Hall–Kier alpha value is -0.0600. The zero-order chi connectivity index (χ0) is 15.5. The minimum Gasteiger partial charge on any atom is -0.464 e. The molecule has 1 amide bonds. The molecule has 0 fully saturated rings. The molecule has 8 heteroatoms. The predicted molar refractivity (Wildman–Crippen MR) is 84.1 cm³/mol. The van der Waals surface area contributed by atoms with E-state index >= 15 is 0 Å². The summed E-state index contributed by atoms with van der Waals surface area (Å²) in [7, 11) is 0. The van der Waals surface area contributed by atoms with Crippen LogP contribution in [0.3, 0.4) is 0 Å². The summed E-state index contributed by atoms with van der Waals surface area (Å²) in [5, 5.41) is 3.19. The number of amides is 1. The maximum absolute atomic E-state index is 11.7. The van der Waals surface area contributed by atoms with E-state index in [0.717, 1.165) is 0 Å². The number of carbonyl (C=O) groups excluding carboxylic acids is 1. The van der Waals surface area contributed by atoms with Crippen molar-refractivity contribution in [3.63, 3.8) is 0 Å². The molecule has 0 saturated heterocycles. The minimum atomic E-state index is -1.85. The van der Waals surface area contributed by atoms with E-state index in [2.05, 4.69) is 5.32 Å². The molecule has 0 aliphatic heterocycles. The van der Waals surface area contributed by atoms with E-state index in [4.69, 9.17) is 62.7 Å². The molecule has 0 saturated carbocycles. The fourth-order valence-corrected chi connectivity index (χ4v) is 1.92. The molecule has 0 heterocycles. The smallest absolute Gasteiger partial charge is 0.246 e. The maximum Gasteiger partial charge on any atom is 0.246 e. The second kappa shape index (κ2) is 7.28. The molecule has 112 valence electrons. The summed E-state index contributed by atoms with van der Waals surface area (Å²) < 4.78 is 3.61. The van der Waals surface area contributed by atoms with Gasteiger partial charge in [-0.2, -0.15) is 0 Å². The van der Waals surface area contributed by atoms with Gasteiger partial charge in [0.1, 0.15) is 5.75 Å². The number of ether oxygens (including phenoxy) is 1. The highest BCUT2D eigenvalue weighted by Crippen LogP contribution is 2.35. The average Bonchev–Trinajstić information content (AvgIpc) is 2.29. The molecule has 3 nitrogen and oxygen atoms in total. The number of nitrogens with one attached hydrogen (secondary N) is 1. The number of alkyl halides is 3. The zero-order valence-corrected chi connectivity index (χ0v) is 14.4. The Kier molecular flexibility index (Phi) is 6.55. The second-order valence-electron chi connectivity index (χ2n) is 4.28. The number of benzene rings is 1. The van der Waals surface area contributed by atoms with Gasteiger partial charge in [0, 0.05) is 10.9 Å². The molecule has 1 aromatic rings. The highest BCUT2D eigenvalue weighted by atomic mass is 35.6. The lowest BCUT2D eigenvalue weighted by molar-refractivity contribution is -0.126. The molecule has 0 aliphatic rings. The van der Waals surface area contributed by atoms with E-state index in [1.807, 2.05) is 0 Å². The standard InChI is InChI=1S/C12H12Cl5NO2/c1-6(2)10(19)18-11(12(15,16)17)20-9-4-3-7(13)5-8(9)14/h3-6,11H,1-2H3,(H,18,19)/t11-/m0/s1. The fraction of sp³-hybridized carbons (Fsp3) is 0.417. The molecule has 0 unspecified atom stereocenters. The van der Waals surface area contributed by atoms with Crippen molar-refractivity contribution in [2.24, 2.45) is 5.92 Å². The Morgan fingerprint density at radius 1 is 1.25 bits per heavy atom. The average molecular weight is 379 g/mol.